The number of carbonyl (C=O) groups is 1. The van der Waals surface area contributed by atoms with E-state index in [2.05, 4.69) is 5.32 Å². The maximum Gasteiger partial charge on any atom is 0.228 e. The van der Waals surface area contributed by atoms with E-state index in [0.717, 1.165) is 18.5 Å². The number of hydrogen-bond acceptors (Lipinski definition) is 1. The summed E-state index contributed by atoms with van der Waals surface area (Å²) in [6.07, 6.45) is 2.57. The predicted octanol–water partition coefficient (Wildman–Crippen LogP) is 1.77. The minimum atomic E-state index is -0.0203. The number of carbonyl (C=O) groups excluding carboxylic acids is 1. The molecule has 1 aromatic rings. The molecule has 0 aromatic heterocycles. The van der Waals surface area contributed by atoms with E-state index in [4.69, 9.17) is 0 Å². The van der Waals surface area contributed by atoms with Gasteiger partial charge in [-0.05, 0) is 12.0 Å². The average Bonchev–Trinajstić information content (AvgIpc) is 2.16. The fourth-order valence-electron chi connectivity index (χ4n) is 1.000. The molecule has 0 aliphatic carbocycles. The highest BCUT2D eigenvalue weighted by atomic mass is 16.1. The van der Waals surface area contributed by atoms with Crippen molar-refractivity contribution in [2.24, 2.45) is 0 Å². The van der Waals surface area contributed by atoms with E-state index < -0.39 is 0 Å². The van der Waals surface area contributed by atoms with Crippen LogP contribution in [-0.4, -0.2) is 12.5 Å². The molecule has 1 aromatic carbocycles. The summed E-state index contributed by atoms with van der Waals surface area (Å²) in [7, 11) is 0. The lowest BCUT2D eigenvalue weighted by atomic mass is 10.1. The summed E-state index contributed by atoms with van der Waals surface area (Å²) in [4.78, 5) is 11.2. The van der Waals surface area contributed by atoms with Gasteiger partial charge in [-0.15, -0.1) is 0 Å². The standard InChI is InChI=1S/C11H14NO/c1-2-8-12-11(13)9-10-6-4-3-5-7-10/h3-7,9H,2,8H2,1H3,(H,12,13). The van der Waals surface area contributed by atoms with Crippen LogP contribution < -0.4 is 5.32 Å². The Balaban J connectivity index is 2.37. The first-order chi connectivity index (χ1) is 6.33. The van der Waals surface area contributed by atoms with Crippen molar-refractivity contribution in [2.45, 2.75) is 13.3 Å². The van der Waals surface area contributed by atoms with Gasteiger partial charge >= 0.3 is 0 Å². The molecule has 0 saturated carbocycles. The molecule has 0 aliphatic rings. The number of benzene rings is 1. The minimum absolute atomic E-state index is 0.0203. The second kappa shape index (κ2) is 5.36. The summed E-state index contributed by atoms with van der Waals surface area (Å²) >= 11 is 0. The van der Waals surface area contributed by atoms with Gasteiger partial charge < -0.3 is 5.32 Å². The Morgan fingerprint density at radius 2 is 2.08 bits per heavy atom. The van der Waals surface area contributed by atoms with Crippen molar-refractivity contribution in [2.75, 3.05) is 6.54 Å². The van der Waals surface area contributed by atoms with Gasteiger partial charge in [0.2, 0.25) is 5.91 Å². The molecule has 69 valence electrons. The molecular weight excluding hydrogens is 162 g/mol. The second-order valence-corrected chi connectivity index (χ2v) is 2.85. The molecule has 13 heavy (non-hydrogen) atoms. The van der Waals surface area contributed by atoms with E-state index in [9.17, 15) is 4.79 Å². The van der Waals surface area contributed by atoms with Crippen LogP contribution in [0.4, 0.5) is 0 Å². The normalized spacial score (nSPS) is 9.62. The van der Waals surface area contributed by atoms with Crippen LogP contribution in [0, 0.1) is 6.42 Å². The zero-order valence-electron chi connectivity index (χ0n) is 7.79. The summed E-state index contributed by atoms with van der Waals surface area (Å²) in [5.41, 5.74) is 0.941. The van der Waals surface area contributed by atoms with Crippen LogP contribution in [0.3, 0.4) is 0 Å². The van der Waals surface area contributed by atoms with Gasteiger partial charge in [-0.3, -0.25) is 4.79 Å². The predicted molar refractivity (Wildman–Crippen MR) is 53.1 cm³/mol. The molecule has 0 fully saturated rings. The molecule has 1 radical (unpaired) electrons. The van der Waals surface area contributed by atoms with Crippen molar-refractivity contribution >= 4 is 5.91 Å². The van der Waals surface area contributed by atoms with Crippen LogP contribution in [0.1, 0.15) is 18.9 Å². The highest BCUT2D eigenvalue weighted by molar-refractivity contribution is 5.88. The first kappa shape index (κ1) is 9.78. The van der Waals surface area contributed by atoms with Gasteiger partial charge in [0.05, 0.1) is 6.42 Å². The Morgan fingerprint density at radius 1 is 1.38 bits per heavy atom. The van der Waals surface area contributed by atoms with Gasteiger partial charge in [0, 0.05) is 6.54 Å². The molecule has 2 heteroatoms. The molecule has 0 saturated heterocycles. The smallest absolute Gasteiger partial charge is 0.228 e. The fourth-order valence-corrected chi connectivity index (χ4v) is 1.000. The second-order valence-electron chi connectivity index (χ2n) is 2.85. The van der Waals surface area contributed by atoms with E-state index in [0.29, 0.717) is 0 Å². The highest BCUT2D eigenvalue weighted by Gasteiger charge is 2.00. The molecule has 0 spiro atoms. The quantitative estimate of drug-likeness (QED) is 0.744. The SMILES string of the molecule is CCCNC(=O)[CH]c1ccccc1. The van der Waals surface area contributed by atoms with E-state index >= 15 is 0 Å². The van der Waals surface area contributed by atoms with Gasteiger partial charge in [0.25, 0.3) is 0 Å². The third kappa shape index (κ3) is 3.74. The highest BCUT2D eigenvalue weighted by Crippen LogP contribution is 2.00. The molecule has 1 amide bonds. The molecule has 2 nitrogen and oxygen atoms in total. The zero-order valence-corrected chi connectivity index (χ0v) is 7.79. The first-order valence-electron chi connectivity index (χ1n) is 4.50. The Morgan fingerprint density at radius 3 is 2.69 bits per heavy atom. The van der Waals surface area contributed by atoms with Crippen molar-refractivity contribution in [3.63, 3.8) is 0 Å². The summed E-state index contributed by atoms with van der Waals surface area (Å²) in [6.45, 7) is 2.77. The number of amides is 1. The van der Waals surface area contributed by atoms with Crippen molar-refractivity contribution in [3.8, 4) is 0 Å². The third-order valence-corrected chi connectivity index (χ3v) is 1.65. The minimum Gasteiger partial charge on any atom is -0.356 e. The van der Waals surface area contributed by atoms with Gasteiger partial charge in [-0.25, -0.2) is 0 Å². The first-order valence-corrected chi connectivity index (χ1v) is 4.50. The molecule has 0 atom stereocenters. The van der Waals surface area contributed by atoms with E-state index in [1.54, 1.807) is 6.42 Å². The number of hydrogen-bond donors (Lipinski definition) is 1. The van der Waals surface area contributed by atoms with Crippen molar-refractivity contribution in [1.82, 2.24) is 5.32 Å². The molecular formula is C11H14NO. The Labute approximate surface area is 79.0 Å². The Bertz CT molecular complexity index is 256. The van der Waals surface area contributed by atoms with E-state index in [1.165, 1.54) is 0 Å². The lowest BCUT2D eigenvalue weighted by Gasteiger charge is -2.02. The summed E-state index contributed by atoms with van der Waals surface area (Å²) in [5, 5.41) is 2.79. The lowest BCUT2D eigenvalue weighted by Crippen LogP contribution is -2.24. The Hall–Kier alpha value is -1.31. The van der Waals surface area contributed by atoms with Crippen molar-refractivity contribution < 1.29 is 4.79 Å². The zero-order chi connectivity index (χ0) is 9.52. The number of nitrogens with one attached hydrogen (secondary N) is 1. The van der Waals surface area contributed by atoms with Gasteiger partial charge in [0.15, 0.2) is 0 Å². The lowest BCUT2D eigenvalue weighted by molar-refractivity contribution is -0.117. The van der Waals surface area contributed by atoms with Crippen LogP contribution in [0.15, 0.2) is 30.3 Å². The summed E-state index contributed by atoms with van der Waals surface area (Å²) in [5.74, 6) is -0.0203. The fraction of sp³-hybridized carbons (Fsp3) is 0.273. The molecule has 1 rings (SSSR count). The monoisotopic (exact) mass is 176 g/mol. The maximum absolute atomic E-state index is 11.2. The largest absolute Gasteiger partial charge is 0.356 e. The molecule has 0 bridgehead atoms. The van der Waals surface area contributed by atoms with Crippen LogP contribution in [0.25, 0.3) is 0 Å². The molecule has 1 N–H and O–H groups in total. The molecule has 0 aliphatic heterocycles. The van der Waals surface area contributed by atoms with Crippen LogP contribution >= 0.6 is 0 Å². The van der Waals surface area contributed by atoms with Gasteiger partial charge in [-0.2, -0.15) is 0 Å². The molecule has 0 heterocycles. The Kier molecular flexibility index (Phi) is 4.03. The topological polar surface area (TPSA) is 29.1 Å². The van der Waals surface area contributed by atoms with Crippen molar-refractivity contribution in [3.05, 3.63) is 42.3 Å². The summed E-state index contributed by atoms with van der Waals surface area (Å²) < 4.78 is 0. The number of rotatable bonds is 4. The van der Waals surface area contributed by atoms with Crippen LogP contribution in [-0.2, 0) is 4.79 Å². The van der Waals surface area contributed by atoms with Crippen molar-refractivity contribution in [1.29, 1.82) is 0 Å². The van der Waals surface area contributed by atoms with E-state index in [1.807, 2.05) is 37.3 Å². The summed E-state index contributed by atoms with van der Waals surface area (Å²) in [6, 6.07) is 9.58. The molecule has 0 unspecified atom stereocenters. The average molecular weight is 176 g/mol. The van der Waals surface area contributed by atoms with Crippen LogP contribution in [0.2, 0.25) is 0 Å². The maximum atomic E-state index is 11.2. The van der Waals surface area contributed by atoms with Gasteiger partial charge in [-0.1, -0.05) is 37.3 Å². The van der Waals surface area contributed by atoms with Gasteiger partial charge in [0.1, 0.15) is 0 Å². The van der Waals surface area contributed by atoms with E-state index in [-0.39, 0.29) is 5.91 Å². The third-order valence-electron chi connectivity index (χ3n) is 1.65. The van der Waals surface area contributed by atoms with Crippen LogP contribution in [0.5, 0.6) is 0 Å².